The van der Waals surface area contributed by atoms with E-state index in [-0.39, 0.29) is 23.9 Å². The molecule has 320 valence electrons. The first-order chi connectivity index (χ1) is 26.1. The van der Waals surface area contributed by atoms with Crippen molar-refractivity contribution in [2.75, 3.05) is 19.8 Å². The van der Waals surface area contributed by atoms with Crippen molar-refractivity contribution in [3.8, 4) is 0 Å². The van der Waals surface area contributed by atoms with Gasteiger partial charge >= 0.3 is 5.97 Å². The summed E-state index contributed by atoms with van der Waals surface area (Å²) in [7, 11) is 0. The lowest BCUT2D eigenvalue weighted by Gasteiger charge is -2.71. The van der Waals surface area contributed by atoms with Crippen molar-refractivity contribution in [2.45, 2.75) is 167 Å². The smallest absolute Gasteiger partial charge is 0.315 e. The maximum Gasteiger partial charge on any atom is 0.315 e. The minimum atomic E-state index is -1.79. The van der Waals surface area contributed by atoms with Gasteiger partial charge in [0.25, 0.3) is 0 Å². The van der Waals surface area contributed by atoms with Crippen LogP contribution >= 0.6 is 0 Å². The highest BCUT2D eigenvalue weighted by atomic mass is 16.8. The molecule has 10 N–H and O–H groups in total. The summed E-state index contributed by atoms with van der Waals surface area (Å²) in [4.78, 5) is 15.0. The molecule has 0 spiro atoms. The van der Waals surface area contributed by atoms with Crippen LogP contribution in [-0.2, 0) is 23.7 Å². The van der Waals surface area contributed by atoms with E-state index in [0.717, 1.165) is 18.4 Å². The van der Waals surface area contributed by atoms with Gasteiger partial charge in [-0.25, -0.2) is 0 Å². The molecule has 7 aliphatic rings. The first kappa shape index (κ1) is 42.8. The zero-order valence-corrected chi connectivity index (χ0v) is 33.5. The molecular formula is C41H66O15. The summed E-state index contributed by atoms with van der Waals surface area (Å²) in [5.41, 5.74) is -2.95. The Morgan fingerprint density at radius 2 is 1.46 bits per heavy atom. The van der Waals surface area contributed by atoms with Gasteiger partial charge in [-0.2, -0.15) is 0 Å². The van der Waals surface area contributed by atoms with E-state index < -0.39 is 126 Å². The van der Waals surface area contributed by atoms with E-state index in [4.69, 9.17) is 18.9 Å². The maximum atomic E-state index is 15.0. The van der Waals surface area contributed by atoms with Crippen molar-refractivity contribution < 1.29 is 74.8 Å². The minimum Gasteiger partial charge on any atom is -0.432 e. The van der Waals surface area contributed by atoms with E-state index in [9.17, 15) is 55.9 Å². The van der Waals surface area contributed by atoms with Crippen LogP contribution in [0.4, 0.5) is 0 Å². The third-order valence-electron chi connectivity index (χ3n) is 17.1. The molecule has 0 aromatic carbocycles. The second kappa shape index (κ2) is 14.4. The van der Waals surface area contributed by atoms with Crippen LogP contribution in [0.2, 0.25) is 0 Å². The van der Waals surface area contributed by atoms with Crippen LogP contribution in [0.25, 0.3) is 0 Å². The molecule has 2 aliphatic heterocycles. The van der Waals surface area contributed by atoms with Gasteiger partial charge in [0, 0.05) is 11.3 Å². The Morgan fingerprint density at radius 3 is 2.12 bits per heavy atom. The lowest BCUT2D eigenvalue weighted by molar-refractivity contribution is -0.352. The van der Waals surface area contributed by atoms with Gasteiger partial charge < -0.3 is 70.0 Å². The van der Waals surface area contributed by atoms with Gasteiger partial charge in [-0.3, -0.25) is 4.79 Å². The first-order valence-corrected chi connectivity index (χ1v) is 20.6. The fourth-order valence-corrected chi connectivity index (χ4v) is 13.3. The zero-order chi connectivity index (χ0) is 41.1. The quantitative estimate of drug-likeness (QED) is 0.124. The number of allylic oxidation sites excluding steroid dienone is 1. The number of fused-ring (bicyclic) bond motifs is 7. The van der Waals surface area contributed by atoms with Crippen molar-refractivity contribution in [1.82, 2.24) is 0 Å². The van der Waals surface area contributed by atoms with Gasteiger partial charge in [-0.15, -0.1) is 0 Å². The van der Waals surface area contributed by atoms with Crippen molar-refractivity contribution in [1.29, 1.82) is 0 Å². The van der Waals surface area contributed by atoms with Crippen LogP contribution < -0.4 is 0 Å². The Hall–Kier alpha value is -1.31. The molecule has 2 saturated heterocycles. The molecule has 0 aromatic heterocycles. The van der Waals surface area contributed by atoms with Crippen LogP contribution in [0.15, 0.2) is 11.6 Å². The summed E-state index contributed by atoms with van der Waals surface area (Å²) >= 11 is 0. The maximum absolute atomic E-state index is 15.0. The monoisotopic (exact) mass is 798 g/mol. The van der Waals surface area contributed by atoms with E-state index in [1.54, 1.807) is 0 Å². The topological polar surface area (TPSA) is 256 Å². The van der Waals surface area contributed by atoms with E-state index in [0.29, 0.717) is 38.5 Å². The number of carbonyl (C=O) groups is 1. The standard InChI is InChI=1S/C41H66O15/c1-36(2)11-13-41(35(52)56-34-30(28(48)27(47)22(16-42)54-34)55-33-29(49)26(46)21(45)17-53-33)14-12-39(5)19(25(41)32(36)51)7-8-24-37(3)15-20(44)31(50)38(4,18-43)23(37)9-10-40(24,39)6/h7,20-34,42-51H,8-18H2,1-6H3/t20-,21-,22-,23?,24?,25?,26+,27-,28+,29-,30-,31-,32+,33+,34+,37+,38+,39-,40-,41+/m1/s1. The van der Waals surface area contributed by atoms with E-state index in [1.807, 2.05) is 20.8 Å². The average Bonchev–Trinajstić information content (AvgIpc) is 3.15. The fraction of sp³-hybridized carbons (Fsp3) is 0.927. The summed E-state index contributed by atoms with van der Waals surface area (Å²) in [6.07, 6.45) is -11.1. The predicted octanol–water partition coefficient (Wildman–Crippen LogP) is -0.131. The highest BCUT2D eigenvalue weighted by Crippen LogP contribution is 2.76. The third-order valence-corrected chi connectivity index (χ3v) is 17.1. The van der Waals surface area contributed by atoms with Crippen LogP contribution in [-0.4, -0.2) is 150 Å². The second-order valence-electron chi connectivity index (χ2n) is 20.2. The Labute approximate surface area is 328 Å². The van der Waals surface area contributed by atoms with E-state index in [2.05, 4.69) is 26.8 Å². The molecule has 2 heterocycles. The van der Waals surface area contributed by atoms with Crippen molar-refractivity contribution in [3.63, 3.8) is 0 Å². The van der Waals surface area contributed by atoms with Crippen molar-refractivity contribution in [2.24, 2.45) is 50.2 Å². The molecular weight excluding hydrogens is 732 g/mol. The number of rotatable bonds is 6. The molecule has 0 radical (unpaired) electrons. The Morgan fingerprint density at radius 1 is 0.786 bits per heavy atom. The van der Waals surface area contributed by atoms with Crippen LogP contribution in [0.5, 0.6) is 0 Å². The SMILES string of the molecule is CC1(C)CC[C@]2(C(=O)O[C@@H]3O[C@H](CO)[C@@H](O)[C@H](O)[C@H]3O[C@@H]3OC[C@@H](O)[C@H](O)[C@H]3O)CC[C@]3(C)C(=CCC4[C@@]5(C)C[C@@H](O)[C@@H](O)[C@@](C)(CO)C5CC[C@]43C)C2[C@@H]1O. The third kappa shape index (κ3) is 5.96. The Balaban J connectivity index is 1.24. The van der Waals surface area contributed by atoms with Gasteiger partial charge in [0.1, 0.15) is 36.6 Å². The number of aliphatic hydroxyl groups is 10. The number of hydrogen-bond acceptors (Lipinski definition) is 15. The normalized spacial score (nSPS) is 55.4. The van der Waals surface area contributed by atoms with Gasteiger partial charge in [0.15, 0.2) is 12.4 Å². The number of hydrogen-bond donors (Lipinski definition) is 10. The van der Waals surface area contributed by atoms with Gasteiger partial charge in [-0.1, -0.05) is 53.2 Å². The van der Waals surface area contributed by atoms with Crippen LogP contribution in [0.3, 0.4) is 0 Å². The molecule has 15 heteroatoms. The molecule has 6 fully saturated rings. The molecule has 5 aliphatic carbocycles. The van der Waals surface area contributed by atoms with Crippen LogP contribution in [0, 0.1) is 50.2 Å². The van der Waals surface area contributed by atoms with Gasteiger partial charge in [0.2, 0.25) is 6.29 Å². The average molecular weight is 799 g/mol. The lowest BCUT2D eigenvalue weighted by atomic mass is 9.33. The number of carbonyl (C=O) groups excluding carboxylic acids is 1. The van der Waals surface area contributed by atoms with Gasteiger partial charge in [-0.05, 0) is 84.9 Å². The van der Waals surface area contributed by atoms with Crippen LogP contribution in [0.1, 0.15) is 92.9 Å². The Bertz CT molecular complexity index is 1520. The minimum absolute atomic E-state index is 0.0392. The number of esters is 1. The predicted molar refractivity (Wildman–Crippen MR) is 196 cm³/mol. The Kier molecular flexibility index (Phi) is 11.0. The molecule has 4 saturated carbocycles. The molecule has 3 unspecified atom stereocenters. The van der Waals surface area contributed by atoms with Crippen molar-refractivity contribution >= 4 is 5.97 Å². The molecule has 56 heavy (non-hydrogen) atoms. The molecule has 0 amide bonds. The molecule has 15 nitrogen and oxygen atoms in total. The van der Waals surface area contributed by atoms with E-state index >= 15 is 0 Å². The van der Waals surface area contributed by atoms with Gasteiger partial charge in [0.05, 0.1) is 43.5 Å². The number of ether oxygens (including phenoxy) is 4. The highest BCUT2D eigenvalue weighted by Gasteiger charge is 2.72. The van der Waals surface area contributed by atoms with E-state index in [1.165, 1.54) is 0 Å². The molecule has 20 atom stereocenters. The molecule has 0 aromatic rings. The summed E-state index contributed by atoms with van der Waals surface area (Å²) in [5.74, 6) is -1.35. The second-order valence-corrected chi connectivity index (χ2v) is 20.2. The summed E-state index contributed by atoms with van der Waals surface area (Å²) in [6.45, 7) is 11.2. The first-order valence-electron chi connectivity index (χ1n) is 20.6. The lowest BCUT2D eigenvalue weighted by Crippen LogP contribution is -2.69. The molecule has 7 rings (SSSR count). The summed E-state index contributed by atoms with van der Waals surface area (Å²) in [5, 5.41) is 108. The summed E-state index contributed by atoms with van der Waals surface area (Å²) < 4.78 is 23.3. The zero-order valence-electron chi connectivity index (χ0n) is 33.5. The highest BCUT2D eigenvalue weighted by molar-refractivity contribution is 5.79. The number of aliphatic hydroxyl groups excluding tert-OH is 10. The summed E-state index contributed by atoms with van der Waals surface area (Å²) in [6, 6.07) is 0. The van der Waals surface area contributed by atoms with Crippen molar-refractivity contribution in [3.05, 3.63) is 11.6 Å². The largest absolute Gasteiger partial charge is 0.432 e. The molecule has 0 bridgehead atoms. The fourth-order valence-electron chi connectivity index (χ4n) is 13.3.